The van der Waals surface area contributed by atoms with Crippen LogP contribution in [-0.2, 0) is 14.8 Å². The van der Waals surface area contributed by atoms with Crippen LogP contribution in [-0.4, -0.2) is 70.1 Å². The van der Waals surface area contributed by atoms with Gasteiger partial charge in [-0.25, -0.2) is 8.42 Å². The second-order valence-electron chi connectivity index (χ2n) is 6.60. The summed E-state index contributed by atoms with van der Waals surface area (Å²) in [6.07, 6.45) is 4.13. The molecule has 0 radical (unpaired) electrons. The average molecular weight is 528 g/mol. The first-order valence-electron chi connectivity index (χ1n) is 8.86. The van der Waals surface area contributed by atoms with Crippen LogP contribution in [0.5, 0.6) is 0 Å². The molecule has 0 aromatic rings. The molecule has 2 aliphatic rings. The van der Waals surface area contributed by atoms with Gasteiger partial charge in [-0.3, -0.25) is 4.99 Å². The standard InChI is InChI=1S/C15H27F3N4O3S.HI/c1-19-14(20-7-4-13-3-2-10-25-13)21-11-12-5-8-22(9-6-12)26(23,24)15(16,17)18;/h12-13H,2-11H2,1H3,(H2,19,20,21);1H. The Kier molecular flexibility index (Phi) is 10.1. The number of guanidine groups is 1. The van der Waals surface area contributed by atoms with Crippen LogP contribution in [0, 0.1) is 5.92 Å². The molecule has 0 spiro atoms. The molecule has 0 aliphatic carbocycles. The predicted molar refractivity (Wildman–Crippen MR) is 108 cm³/mol. The Balaban J connectivity index is 0.00000364. The maximum absolute atomic E-state index is 12.6. The Labute approximate surface area is 175 Å². The van der Waals surface area contributed by atoms with Gasteiger partial charge in [-0.15, -0.1) is 24.0 Å². The predicted octanol–water partition coefficient (Wildman–Crippen LogP) is 1.90. The summed E-state index contributed by atoms with van der Waals surface area (Å²) in [6.45, 7) is 1.87. The molecule has 160 valence electrons. The summed E-state index contributed by atoms with van der Waals surface area (Å²) in [5.74, 6) is 0.736. The third-order valence-corrected chi connectivity index (χ3v) is 6.40. The third-order valence-electron chi connectivity index (χ3n) is 4.77. The molecule has 1 atom stereocenters. The Morgan fingerprint density at radius 2 is 1.89 bits per heavy atom. The molecule has 12 heteroatoms. The molecule has 2 rings (SSSR count). The minimum Gasteiger partial charge on any atom is -0.378 e. The van der Waals surface area contributed by atoms with E-state index in [-0.39, 0.29) is 43.0 Å². The van der Waals surface area contributed by atoms with Crippen LogP contribution in [0.2, 0.25) is 0 Å². The summed E-state index contributed by atoms with van der Waals surface area (Å²) in [4.78, 5) is 4.12. The molecule has 2 saturated heterocycles. The molecule has 0 amide bonds. The van der Waals surface area contributed by atoms with Crippen LogP contribution in [0.3, 0.4) is 0 Å². The lowest BCUT2D eigenvalue weighted by Crippen LogP contribution is -2.47. The molecule has 2 aliphatic heterocycles. The Bertz CT molecular complexity index is 575. The normalized spacial score (nSPS) is 23.1. The molecular formula is C15H28F3IN4O3S. The summed E-state index contributed by atoms with van der Waals surface area (Å²) < 4.78 is 66.6. The van der Waals surface area contributed by atoms with E-state index in [2.05, 4.69) is 15.6 Å². The number of hydrogen-bond donors (Lipinski definition) is 2. The third kappa shape index (κ3) is 7.20. The van der Waals surface area contributed by atoms with E-state index >= 15 is 0 Å². The van der Waals surface area contributed by atoms with E-state index in [4.69, 9.17) is 4.74 Å². The fraction of sp³-hybridized carbons (Fsp3) is 0.933. The highest BCUT2D eigenvalue weighted by molar-refractivity contribution is 14.0. The summed E-state index contributed by atoms with van der Waals surface area (Å²) in [6, 6.07) is 0. The van der Waals surface area contributed by atoms with Gasteiger partial charge in [0.1, 0.15) is 0 Å². The van der Waals surface area contributed by atoms with Crippen LogP contribution < -0.4 is 10.6 Å². The maximum atomic E-state index is 12.6. The molecule has 2 fully saturated rings. The first-order chi connectivity index (χ1) is 12.2. The summed E-state index contributed by atoms with van der Waals surface area (Å²) >= 11 is 0. The van der Waals surface area contributed by atoms with Gasteiger partial charge in [0, 0.05) is 39.8 Å². The van der Waals surface area contributed by atoms with Crippen molar-refractivity contribution in [1.82, 2.24) is 14.9 Å². The van der Waals surface area contributed by atoms with Gasteiger partial charge in [0.25, 0.3) is 0 Å². The number of nitrogens with zero attached hydrogens (tertiary/aromatic N) is 2. The van der Waals surface area contributed by atoms with E-state index in [0.717, 1.165) is 32.4 Å². The zero-order valence-corrected chi connectivity index (χ0v) is 18.4. The number of rotatable bonds is 6. The van der Waals surface area contributed by atoms with Crippen LogP contribution >= 0.6 is 24.0 Å². The topological polar surface area (TPSA) is 83.0 Å². The lowest BCUT2D eigenvalue weighted by molar-refractivity contribution is -0.0496. The number of alkyl halides is 3. The van der Waals surface area contributed by atoms with Crippen molar-refractivity contribution in [3.8, 4) is 0 Å². The zero-order chi connectivity index (χ0) is 19.2. The fourth-order valence-electron chi connectivity index (χ4n) is 3.19. The van der Waals surface area contributed by atoms with Crippen LogP contribution in [0.1, 0.15) is 32.1 Å². The van der Waals surface area contributed by atoms with Crippen molar-refractivity contribution in [2.24, 2.45) is 10.9 Å². The van der Waals surface area contributed by atoms with Gasteiger partial charge in [-0.2, -0.15) is 17.5 Å². The largest absolute Gasteiger partial charge is 0.511 e. The molecule has 0 bridgehead atoms. The Morgan fingerprint density at radius 3 is 2.41 bits per heavy atom. The lowest BCUT2D eigenvalue weighted by Gasteiger charge is -2.31. The van der Waals surface area contributed by atoms with E-state index in [0.29, 0.717) is 35.8 Å². The van der Waals surface area contributed by atoms with Gasteiger partial charge >= 0.3 is 15.5 Å². The number of aliphatic imine (C=N–C) groups is 1. The van der Waals surface area contributed by atoms with Crippen molar-refractivity contribution in [1.29, 1.82) is 0 Å². The number of ether oxygens (including phenoxy) is 1. The molecule has 2 N–H and O–H groups in total. The average Bonchev–Trinajstić information content (AvgIpc) is 3.10. The van der Waals surface area contributed by atoms with Crippen molar-refractivity contribution < 1.29 is 26.3 Å². The van der Waals surface area contributed by atoms with Crippen LogP contribution in [0.25, 0.3) is 0 Å². The van der Waals surface area contributed by atoms with Gasteiger partial charge in [0.05, 0.1) is 6.10 Å². The van der Waals surface area contributed by atoms with Crippen molar-refractivity contribution in [3.05, 3.63) is 0 Å². The first-order valence-corrected chi connectivity index (χ1v) is 10.3. The smallest absolute Gasteiger partial charge is 0.378 e. The van der Waals surface area contributed by atoms with E-state index < -0.39 is 15.5 Å². The quantitative estimate of drug-likeness (QED) is 0.313. The van der Waals surface area contributed by atoms with Crippen LogP contribution in [0.4, 0.5) is 13.2 Å². The summed E-state index contributed by atoms with van der Waals surface area (Å²) in [5.41, 5.74) is -5.23. The minimum atomic E-state index is -5.23. The van der Waals surface area contributed by atoms with Crippen molar-refractivity contribution in [3.63, 3.8) is 0 Å². The highest BCUT2D eigenvalue weighted by Crippen LogP contribution is 2.30. The van der Waals surface area contributed by atoms with Gasteiger partial charge < -0.3 is 15.4 Å². The fourth-order valence-corrected chi connectivity index (χ4v) is 4.17. The van der Waals surface area contributed by atoms with Crippen LogP contribution in [0.15, 0.2) is 4.99 Å². The molecule has 0 saturated carbocycles. The number of piperidine rings is 1. The summed E-state index contributed by atoms with van der Waals surface area (Å²) in [5, 5.41) is 6.35. The van der Waals surface area contributed by atoms with E-state index in [1.165, 1.54) is 0 Å². The van der Waals surface area contributed by atoms with E-state index in [1.54, 1.807) is 7.05 Å². The van der Waals surface area contributed by atoms with Crippen molar-refractivity contribution in [2.45, 2.75) is 43.7 Å². The minimum absolute atomic E-state index is 0. The second-order valence-corrected chi connectivity index (χ2v) is 8.53. The molecular weight excluding hydrogens is 500 g/mol. The lowest BCUT2D eigenvalue weighted by atomic mass is 9.98. The molecule has 27 heavy (non-hydrogen) atoms. The first kappa shape index (κ1) is 24.7. The van der Waals surface area contributed by atoms with Crippen molar-refractivity contribution in [2.75, 3.05) is 39.8 Å². The van der Waals surface area contributed by atoms with E-state index in [1.807, 2.05) is 0 Å². The highest BCUT2D eigenvalue weighted by Gasteiger charge is 2.50. The Morgan fingerprint density at radius 1 is 1.22 bits per heavy atom. The monoisotopic (exact) mass is 528 g/mol. The van der Waals surface area contributed by atoms with E-state index in [9.17, 15) is 21.6 Å². The zero-order valence-electron chi connectivity index (χ0n) is 15.3. The molecule has 0 aromatic heterocycles. The number of hydrogen-bond acceptors (Lipinski definition) is 4. The van der Waals surface area contributed by atoms with Gasteiger partial charge in [-0.1, -0.05) is 0 Å². The molecule has 0 aromatic carbocycles. The maximum Gasteiger partial charge on any atom is 0.511 e. The van der Waals surface area contributed by atoms with Crippen molar-refractivity contribution >= 4 is 40.0 Å². The molecule has 1 unspecified atom stereocenters. The molecule has 7 nitrogen and oxygen atoms in total. The SMILES string of the molecule is CN=C(NCCC1CCCO1)NCC1CCN(S(=O)(=O)C(F)(F)F)CC1.I. The number of sulfonamides is 1. The summed E-state index contributed by atoms with van der Waals surface area (Å²) in [7, 11) is -3.56. The highest BCUT2D eigenvalue weighted by atomic mass is 127. The van der Waals surface area contributed by atoms with Gasteiger partial charge in [0.2, 0.25) is 0 Å². The van der Waals surface area contributed by atoms with Gasteiger partial charge in [0.15, 0.2) is 5.96 Å². The number of halogens is 4. The number of nitrogens with one attached hydrogen (secondary N) is 2. The Hall–Kier alpha value is -0.340. The van der Waals surface area contributed by atoms with Gasteiger partial charge in [-0.05, 0) is 38.0 Å². The molecule has 2 heterocycles. The second kappa shape index (κ2) is 11.0.